The Balaban J connectivity index is 2.39. The molecule has 0 aromatic heterocycles. The number of hydrogen-bond acceptors (Lipinski definition) is 4. The van der Waals surface area contributed by atoms with Crippen LogP contribution < -0.4 is 25.8 Å². The molecule has 2 unspecified atom stereocenters. The number of primary amides is 1. The summed E-state index contributed by atoms with van der Waals surface area (Å²) in [7, 11) is 1.60. The second-order valence-electron chi connectivity index (χ2n) is 5.19. The van der Waals surface area contributed by atoms with E-state index in [0.717, 1.165) is 12.2 Å². The first-order valence-corrected chi connectivity index (χ1v) is 7.58. The van der Waals surface area contributed by atoms with Crippen molar-refractivity contribution < 1.29 is 19.1 Å². The molecule has 0 fully saturated rings. The minimum absolute atomic E-state index is 0.00925. The van der Waals surface area contributed by atoms with E-state index in [0.29, 0.717) is 18.9 Å². The Kier molecular flexibility index (Phi) is 7.73. The maximum Gasteiger partial charge on any atom is 0.312 e. The van der Waals surface area contributed by atoms with Crippen molar-refractivity contribution in [2.24, 2.45) is 11.7 Å². The smallest absolute Gasteiger partial charge is 0.312 e. The Hall–Kier alpha value is -2.44. The number of rotatable bonds is 9. The summed E-state index contributed by atoms with van der Waals surface area (Å²) in [5.41, 5.74) is 5.11. The van der Waals surface area contributed by atoms with E-state index in [1.807, 2.05) is 13.8 Å². The van der Waals surface area contributed by atoms with Gasteiger partial charge in [0.1, 0.15) is 24.1 Å². The fraction of sp³-hybridized carbons (Fsp3) is 0.500. The maximum atomic E-state index is 12.1. The van der Waals surface area contributed by atoms with Gasteiger partial charge >= 0.3 is 6.03 Å². The van der Waals surface area contributed by atoms with E-state index < -0.39 is 12.1 Å². The summed E-state index contributed by atoms with van der Waals surface area (Å²) in [6, 6.07) is 5.82. The number of carbonyl (C=O) groups is 2. The number of amides is 3. The zero-order valence-electron chi connectivity index (χ0n) is 13.8. The number of methoxy groups -OCH3 is 1. The largest absolute Gasteiger partial charge is 0.497 e. The van der Waals surface area contributed by atoms with Crippen LogP contribution in [0.1, 0.15) is 20.3 Å². The monoisotopic (exact) mass is 323 g/mol. The second kappa shape index (κ2) is 9.55. The second-order valence-corrected chi connectivity index (χ2v) is 5.19. The SMILES string of the molecule is CCC(C)C(NC(N)=O)C(=O)NCCOc1ccc(OC)cc1. The van der Waals surface area contributed by atoms with E-state index in [9.17, 15) is 9.59 Å². The van der Waals surface area contributed by atoms with Gasteiger partial charge in [-0.2, -0.15) is 0 Å². The highest BCUT2D eigenvalue weighted by Crippen LogP contribution is 2.16. The molecular weight excluding hydrogens is 298 g/mol. The number of hydrogen-bond donors (Lipinski definition) is 3. The lowest BCUT2D eigenvalue weighted by Crippen LogP contribution is -2.52. The van der Waals surface area contributed by atoms with Gasteiger partial charge in [-0.15, -0.1) is 0 Å². The summed E-state index contributed by atoms with van der Waals surface area (Å²) >= 11 is 0. The van der Waals surface area contributed by atoms with E-state index in [1.165, 1.54) is 0 Å². The average Bonchev–Trinajstić information content (AvgIpc) is 2.56. The molecule has 1 rings (SSSR count). The van der Waals surface area contributed by atoms with Crippen molar-refractivity contribution >= 4 is 11.9 Å². The van der Waals surface area contributed by atoms with E-state index in [4.69, 9.17) is 15.2 Å². The molecule has 1 aromatic carbocycles. The Morgan fingerprint density at radius 1 is 1.22 bits per heavy atom. The first-order chi connectivity index (χ1) is 11.0. The molecule has 0 aliphatic carbocycles. The minimum Gasteiger partial charge on any atom is -0.497 e. The van der Waals surface area contributed by atoms with Crippen molar-refractivity contribution in [2.45, 2.75) is 26.3 Å². The van der Waals surface area contributed by atoms with Gasteiger partial charge in [0.2, 0.25) is 5.91 Å². The van der Waals surface area contributed by atoms with Gasteiger partial charge in [-0.05, 0) is 30.2 Å². The lowest BCUT2D eigenvalue weighted by atomic mass is 9.98. The normalized spacial score (nSPS) is 12.8. The fourth-order valence-corrected chi connectivity index (χ4v) is 1.98. The lowest BCUT2D eigenvalue weighted by molar-refractivity contribution is -0.124. The van der Waals surface area contributed by atoms with E-state index in [1.54, 1.807) is 31.4 Å². The van der Waals surface area contributed by atoms with Crippen LogP contribution in [0.5, 0.6) is 11.5 Å². The van der Waals surface area contributed by atoms with Crippen LogP contribution in [0, 0.1) is 5.92 Å². The molecule has 23 heavy (non-hydrogen) atoms. The number of ether oxygens (including phenoxy) is 2. The summed E-state index contributed by atoms with van der Waals surface area (Å²) in [4.78, 5) is 23.1. The Labute approximate surface area is 136 Å². The Bertz CT molecular complexity index is 505. The molecule has 0 radical (unpaired) electrons. The van der Waals surface area contributed by atoms with Crippen LogP contribution >= 0.6 is 0 Å². The molecule has 0 spiro atoms. The third kappa shape index (κ3) is 6.46. The zero-order valence-corrected chi connectivity index (χ0v) is 13.8. The zero-order chi connectivity index (χ0) is 17.2. The summed E-state index contributed by atoms with van der Waals surface area (Å²) < 4.78 is 10.6. The van der Waals surface area contributed by atoms with E-state index in [-0.39, 0.29) is 11.8 Å². The van der Waals surface area contributed by atoms with Gasteiger partial charge < -0.3 is 25.8 Å². The molecule has 0 saturated carbocycles. The van der Waals surface area contributed by atoms with Crippen molar-refractivity contribution in [1.82, 2.24) is 10.6 Å². The predicted molar refractivity (Wildman–Crippen MR) is 87.5 cm³/mol. The maximum absolute atomic E-state index is 12.1. The van der Waals surface area contributed by atoms with Gasteiger partial charge in [0.25, 0.3) is 0 Å². The minimum atomic E-state index is -0.708. The third-order valence-electron chi connectivity index (χ3n) is 3.52. The third-order valence-corrected chi connectivity index (χ3v) is 3.52. The quantitative estimate of drug-likeness (QED) is 0.596. The highest BCUT2D eigenvalue weighted by Gasteiger charge is 2.24. The molecule has 4 N–H and O–H groups in total. The van der Waals surface area contributed by atoms with Gasteiger partial charge in [-0.1, -0.05) is 20.3 Å². The van der Waals surface area contributed by atoms with Crippen molar-refractivity contribution in [3.8, 4) is 11.5 Å². The molecule has 2 atom stereocenters. The van der Waals surface area contributed by atoms with Crippen molar-refractivity contribution in [3.05, 3.63) is 24.3 Å². The summed E-state index contributed by atoms with van der Waals surface area (Å²) in [5.74, 6) is 1.16. The molecule has 0 heterocycles. The first kappa shape index (κ1) is 18.6. The first-order valence-electron chi connectivity index (χ1n) is 7.58. The van der Waals surface area contributed by atoms with Gasteiger partial charge in [-0.25, -0.2) is 4.79 Å². The summed E-state index contributed by atoms with van der Waals surface area (Å²) in [5, 5.41) is 5.21. The van der Waals surface area contributed by atoms with Gasteiger partial charge in [0, 0.05) is 0 Å². The molecule has 3 amide bonds. The predicted octanol–water partition coefficient (Wildman–Crippen LogP) is 1.27. The van der Waals surface area contributed by atoms with Gasteiger partial charge in [0.05, 0.1) is 13.7 Å². The van der Waals surface area contributed by atoms with Gasteiger partial charge in [-0.3, -0.25) is 4.79 Å². The van der Waals surface area contributed by atoms with Crippen molar-refractivity contribution in [3.63, 3.8) is 0 Å². The van der Waals surface area contributed by atoms with Crippen LogP contribution in [0.4, 0.5) is 4.79 Å². The van der Waals surface area contributed by atoms with Crippen LogP contribution in [-0.2, 0) is 4.79 Å². The number of carbonyl (C=O) groups excluding carboxylic acids is 2. The van der Waals surface area contributed by atoms with Crippen molar-refractivity contribution in [2.75, 3.05) is 20.3 Å². The number of nitrogens with two attached hydrogens (primary N) is 1. The average molecular weight is 323 g/mol. The topological polar surface area (TPSA) is 103 Å². The molecule has 0 aliphatic rings. The number of urea groups is 1. The van der Waals surface area contributed by atoms with Crippen LogP contribution in [0.15, 0.2) is 24.3 Å². The van der Waals surface area contributed by atoms with Crippen LogP contribution in [0.2, 0.25) is 0 Å². The molecule has 128 valence electrons. The molecule has 7 heteroatoms. The molecule has 7 nitrogen and oxygen atoms in total. The standard InChI is InChI=1S/C16H25N3O4/c1-4-11(2)14(19-16(17)21)15(20)18-9-10-23-13-7-5-12(22-3)6-8-13/h5-8,11,14H,4,9-10H2,1-3H3,(H,18,20)(H3,17,19,21). The van der Waals surface area contributed by atoms with Crippen LogP contribution in [0.3, 0.4) is 0 Å². The molecule has 0 saturated heterocycles. The molecule has 0 aliphatic heterocycles. The fourth-order valence-electron chi connectivity index (χ4n) is 1.98. The summed E-state index contributed by atoms with van der Waals surface area (Å²) in [6.45, 7) is 4.48. The van der Waals surface area contributed by atoms with E-state index in [2.05, 4.69) is 10.6 Å². The van der Waals surface area contributed by atoms with Crippen molar-refractivity contribution in [1.29, 1.82) is 0 Å². The lowest BCUT2D eigenvalue weighted by Gasteiger charge is -2.22. The van der Waals surface area contributed by atoms with E-state index >= 15 is 0 Å². The van der Waals surface area contributed by atoms with Crippen LogP contribution in [-0.4, -0.2) is 38.2 Å². The van der Waals surface area contributed by atoms with Gasteiger partial charge in [0.15, 0.2) is 0 Å². The Morgan fingerprint density at radius 3 is 2.35 bits per heavy atom. The molecular formula is C16H25N3O4. The molecule has 1 aromatic rings. The van der Waals surface area contributed by atoms with Crippen LogP contribution in [0.25, 0.3) is 0 Å². The highest BCUT2D eigenvalue weighted by atomic mass is 16.5. The number of benzene rings is 1. The highest BCUT2D eigenvalue weighted by molar-refractivity contribution is 5.86. The number of nitrogens with one attached hydrogen (secondary N) is 2. The Morgan fingerprint density at radius 2 is 1.83 bits per heavy atom. The summed E-state index contributed by atoms with van der Waals surface area (Å²) in [6.07, 6.45) is 0.751. The molecule has 0 bridgehead atoms.